The van der Waals surface area contributed by atoms with Gasteiger partial charge in [0.25, 0.3) is 0 Å². The highest BCUT2D eigenvalue weighted by molar-refractivity contribution is 6.30. The van der Waals surface area contributed by atoms with Crippen molar-refractivity contribution < 1.29 is 28.2 Å². The molecule has 0 fully saturated rings. The van der Waals surface area contributed by atoms with E-state index in [1.54, 1.807) is 30.3 Å². The van der Waals surface area contributed by atoms with E-state index in [0.717, 1.165) is 29.8 Å². The molecule has 4 aromatic rings. The first-order valence-electron chi connectivity index (χ1n) is 10.2. The number of nitrogens with zero attached hydrogens (tertiary/aromatic N) is 4. The Morgan fingerprint density at radius 1 is 1.00 bits per heavy atom. The van der Waals surface area contributed by atoms with E-state index in [0.29, 0.717) is 10.7 Å². The largest absolute Gasteiger partial charge is 0.507 e. The van der Waals surface area contributed by atoms with Gasteiger partial charge in [0, 0.05) is 22.5 Å². The maximum atomic E-state index is 13.6. The molecule has 0 bridgehead atoms. The lowest BCUT2D eigenvalue weighted by Crippen LogP contribution is -2.06. The molecule has 0 aliphatic rings. The van der Waals surface area contributed by atoms with E-state index in [2.05, 4.69) is 25.5 Å². The van der Waals surface area contributed by atoms with Crippen LogP contribution in [-0.2, 0) is 6.18 Å². The second-order valence-corrected chi connectivity index (χ2v) is 7.77. The Morgan fingerprint density at radius 3 is 2.53 bits per heavy atom. The second-order valence-electron chi connectivity index (χ2n) is 7.34. The third-order valence-electron chi connectivity index (χ3n) is 4.82. The second kappa shape index (κ2) is 10.0. The number of rotatable bonds is 6. The van der Waals surface area contributed by atoms with Crippen LogP contribution in [-0.4, -0.2) is 26.2 Å². The summed E-state index contributed by atoms with van der Waals surface area (Å²) in [4.78, 5) is 19.6. The number of azo groups is 1. The summed E-state index contributed by atoms with van der Waals surface area (Å²) in [7, 11) is 0. The van der Waals surface area contributed by atoms with Gasteiger partial charge in [0.1, 0.15) is 11.3 Å². The van der Waals surface area contributed by atoms with E-state index in [4.69, 9.17) is 16.7 Å². The van der Waals surface area contributed by atoms with Crippen molar-refractivity contribution in [2.45, 2.75) is 6.18 Å². The lowest BCUT2D eigenvalue weighted by Gasteiger charge is -2.12. The Hall–Kier alpha value is -4.51. The number of carbonyl (C=O) groups is 1. The number of phenols is 1. The maximum absolute atomic E-state index is 13.6. The van der Waals surface area contributed by atoms with Crippen molar-refractivity contribution in [1.29, 1.82) is 0 Å². The van der Waals surface area contributed by atoms with Crippen LogP contribution >= 0.6 is 11.6 Å². The minimum absolute atomic E-state index is 0.0609. The third kappa shape index (κ3) is 5.76. The molecule has 0 radical (unpaired) electrons. The molecule has 0 unspecified atom stereocenters. The van der Waals surface area contributed by atoms with Crippen LogP contribution in [0.1, 0.15) is 15.9 Å². The van der Waals surface area contributed by atoms with Gasteiger partial charge in [-0.2, -0.15) is 18.3 Å². The summed E-state index contributed by atoms with van der Waals surface area (Å²) in [5, 5.41) is 29.5. The van der Waals surface area contributed by atoms with Crippen LogP contribution < -0.4 is 5.32 Å². The molecule has 0 atom stereocenters. The molecule has 0 saturated carbocycles. The van der Waals surface area contributed by atoms with Gasteiger partial charge in [-0.05, 0) is 54.6 Å². The fraction of sp³-hybridized carbons (Fsp3) is 0.0417. The minimum atomic E-state index is -4.73. The Bertz CT molecular complexity index is 1480. The van der Waals surface area contributed by atoms with E-state index < -0.39 is 34.7 Å². The lowest BCUT2D eigenvalue weighted by molar-refractivity contribution is -0.137. The van der Waals surface area contributed by atoms with Crippen LogP contribution in [0.15, 0.2) is 83.2 Å². The molecule has 8 nitrogen and oxygen atoms in total. The molecule has 0 saturated heterocycles. The van der Waals surface area contributed by atoms with Gasteiger partial charge >= 0.3 is 12.1 Å². The number of anilines is 2. The minimum Gasteiger partial charge on any atom is -0.507 e. The Kier molecular flexibility index (Phi) is 6.84. The summed E-state index contributed by atoms with van der Waals surface area (Å²) in [5.41, 5.74) is -0.625. The lowest BCUT2D eigenvalue weighted by atomic mass is 10.1. The van der Waals surface area contributed by atoms with E-state index >= 15 is 0 Å². The first kappa shape index (κ1) is 24.6. The van der Waals surface area contributed by atoms with E-state index in [1.165, 1.54) is 18.3 Å². The molecule has 3 N–H and O–H groups in total. The van der Waals surface area contributed by atoms with Gasteiger partial charge in [0.15, 0.2) is 0 Å². The molecule has 1 aromatic heterocycles. The zero-order valence-electron chi connectivity index (χ0n) is 18.0. The van der Waals surface area contributed by atoms with Crippen LogP contribution in [0.5, 0.6) is 5.75 Å². The fourth-order valence-corrected chi connectivity index (χ4v) is 3.35. The van der Waals surface area contributed by atoms with Crippen LogP contribution in [0.3, 0.4) is 0 Å². The number of aromatic carboxylic acids is 1. The number of nitrogens with one attached hydrogen (secondary N) is 1. The number of alkyl halides is 3. The number of hydrogen-bond acceptors (Lipinski definition) is 7. The molecule has 36 heavy (non-hydrogen) atoms. The first-order valence-corrected chi connectivity index (χ1v) is 10.5. The average Bonchev–Trinajstić information content (AvgIpc) is 2.83. The molecule has 0 spiro atoms. The van der Waals surface area contributed by atoms with Crippen molar-refractivity contribution in [2.75, 3.05) is 5.32 Å². The van der Waals surface area contributed by atoms with Crippen molar-refractivity contribution in [3.05, 3.63) is 89.1 Å². The topological polar surface area (TPSA) is 120 Å². The first-order chi connectivity index (χ1) is 17.1. The number of carboxylic acid groups (broad SMARTS) is 1. The fourth-order valence-electron chi connectivity index (χ4n) is 3.16. The van der Waals surface area contributed by atoms with Crippen LogP contribution in [0.2, 0.25) is 5.02 Å². The quantitative estimate of drug-likeness (QED) is 0.231. The molecule has 1 heterocycles. The molecule has 12 heteroatoms. The van der Waals surface area contributed by atoms with E-state index in [1.807, 2.05) is 0 Å². The third-order valence-corrected chi connectivity index (χ3v) is 5.05. The monoisotopic (exact) mass is 513 g/mol. The van der Waals surface area contributed by atoms with Gasteiger partial charge in [0.2, 0.25) is 5.95 Å². The summed E-state index contributed by atoms with van der Waals surface area (Å²) in [5.74, 6) is -1.81. The zero-order valence-corrected chi connectivity index (χ0v) is 18.8. The van der Waals surface area contributed by atoms with Crippen LogP contribution in [0, 0.1) is 0 Å². The highest BCUT2D eigenvalue weighted by Crippen LogP contribution is 2.39. The molecule has 0 amide bonds. The number of halogens is 4. The summed E-state index contributed by atoms with van der Waals surface area (Å²) in [6, 6.07) is 15.0. The van der Waals surface area contributed by atoms with Crippen molar-refractivity contribution in [2.24, 2.45) is 10.2 Å². The summed E-state index contributed by atoms with van der Waals surface area (Å²) >= 11 is 6.03. The smallest absolute Gasteiger partial charge is 0.418 e. The zero-order chi connectivity index (χ0) is 25.9. The molecular formula is C24H15ClF3N5O3. The van der Waals surface area contributed by atoms with Crippen molar-refractivity contribution in [3.8, 4) is 17.0 Å². The standard InChI is InChI=1S/C24H15ClF3N5O3/c25-14-3-1-2-13(10-14)19-8-9-29-23(31-19)30-15-4-6-18(24(26,27)28)20(12-15)33-32-16-5-7-21(34)17(11-16)22(35)36/h1-12,34H,(H,35,36)(H,29,30,31)/b33-32+. The van der Waals surface area contributed by atoms with Crippen LogP contribution in [0.4, 0.5) is 36.2 Å². The van der Waals surface area contributed by atoms with Gasteiger partial charge in [0.05, 0.1) is 22.6 Å². The highest BCUT2D eigenvalue weighted by Gasteiger charge is 2.34. The van der Waals surface area contributed by atoms with E-state index in [9.17, 15) is 23.1 Å². The molecule has 4 rings (SSSR count). The number of aromatic hydroxyl groups is 1. The summed E-state index contributed by atoms with van der Waals surface area (Å²) in [6.07, 6.45) is -3.24. The normalized spacial score (nSPS) is 11.6. The molecule has 3 aromatic carbocycles. The van der Waals surface area contributed by atoms with Crippen molar-refractivity contribution in [1.82, 2.24) is 9.97 Å². The van der Waals surface area contributed by atoms with Crippen LogP contribution in [0.25, 0.3) is 11.3 Å². The molecule has 0 aliphatic carbocycles. The SMILES string of the molecule is O=C(O)c1cc(/N=N/c2cc(Nc3nccc(-c4cccc(Cl)c4)n3)ccc2C(F)(F)F)ccc1O. The van der Waals surface area contributed by atoms with Gasteiger partial charge in [-0.1, -0.05) is 23.7 Å². The predicted molar refractivity (Wildman–Crippen MR) is 126 cm³/mol. The van der Waals surface area contributed by atoms with Gasteiger partial charge < -0.3 is 15.5 Å². The van der Waals surface area contributed by atoms with Gasteiger partial charge in [-0.3, -0.25) is 0 Å². The number of carboxylic acids is 1. The molecule has 0 aliphatic heterocycles. The van der Waals surface area contributed by atoms with E-state index in [-0.39, 0.29) is 17.3 Å². The molecule has 182 valence electrons. The number of aromatic nitrogens is 2. The van der Waals surface area contributed by atoms with Gasteiger partial charge in [-0.15, -0.1) is 5.11 Å². The summed E-state index contributed by atoms with van der Waals surface area (Å²) < 4.78 is 40.7. The molecular weight excluding hydrogens is 499 g/mol. The Morgan fingerprint density at radius 2 is 1.81 bits per heavy atom. The Labute approximate surface area is 206 Å². The Balaban J connectivity index is 1.66. The van der Waals surface area contributed by atoms with Gasteiger partial charge in [-0.25, -0.2) is 14.8 Å². The number of benzene rings is 3. The number of hydrogen-bond donors (Lipinski definition) is 3. The highest BCUT2D eigenvalue weighted by atomic mass is 35.5. The van der Waals surface area contributed by atoms with Crippen molar-refractivity contribution in [3.63, 3.8) is 0 Å². The van der Waals surface area contributed by atoms with Crippen molar-refractivity contribution >= 4 is 40.6 Å². The predicted octanol–water partition coefficient (Wildman–Crippen LogP) is 7.38. The average molecular weight is 514 g/mol. The summed E-state index contributed by atoms with van der Waals surface area (Å²) in [6.45, 7) is 0. The maximum Gasteiger partial charge on any atom is 0.418 e.